The number of halogens is 1. The van der Waals surface area contributed by atoms with E-state index in [4.69, 9.17) is 10.5 Å². The van der Waals surface area contributed by atoms with Gasteiger partial charge in [-0.3, -0.25) is 10.4 Å². The average molecular weight is 222 g/mol. The van der Waals surface area contributed by atoms with Gasteiger partial charge in [0.2, 0.25) is 0 Å². The van der Waals surface area contributed by atoms with Gasteiger partial charge in [0.25, 0.3) is 12.7 Å². The van der Waals surface area contributed by atoms with Gasteiger partial charge in [0.1, 0.15) is 5.04 Å². The predicted octanol–water partition coefficient (Wildman–Crippen LogP) is -0.226. The molecule has 0 bridgehead atoms. The minimum absolute atomic E-state index is 0.0610. The maximum atomic E-state index is 11.6. The molecule has 14 heavy (non-hydrogen) atoms. The van der Waals surface area contributed by atoms with Gasteiger partial charge in [-0.1, -0.05) is 5.16 Å². The SMILES string of the molecule is N=C1CN(C(=NOCF)C(=O)O)NS1. The molecule has 0 atom stereocenters. The number of aliphatic carboxylic acids is 1. The highest BCUT2D eigenvalue weighted by Gasteiger charge is 2.26. The highest BCUT2D eigenvalue weighted by molar-refractivity contribution is 8.12. The molecule has 1 rings (SSSR count). The number of rotatable bonds is 2. The van der Waals surface area contributed by atoms with Gasteiger partial charge in [-0.25, -0.2) is 9.18 Å². The molecule has 78 valence electrons. The Morgan fingerprint density at radius 2 is 2.64 bits per heavy atom. The van der Waals surface area contributed by atoms with Crippen LogP contribution >= 0.6 is 11.9 Å². The number of hydrogen-bond donors (Lipinski definition) is 3. The van der Waals surface area contributed by atoms with Crippen molar-refractivity contribution in [1.82, 2.24) is 9.84 Å². The first-order chi connectivity index (χ1) is 6.65. The van der Waals surface area contributed by atoms with Crippen LogP contribution in [0.3, 0.4) is 0 Å². The maximum Gasteiger partial charge on any atom is 0.376 e. The minimum Gasteiger partial charge on any atom is -0.475 e. The molecule has 0 aromatic carbocycles. The lowest BCUT2D eigenvalue weighted by Gasteiger charge is -2.13. The minimum atomic E-state index is -1.36. The third-order valence-corrected chi connectivity index (χ3v) is 1.91. The largest absolute Gasteiger partial charge is 0.475 e. The summed E-state index contributed by atoms with van der Waals surface area (Å²) in [5.74, 6) is -1.85. The molecule has 3 N–H and O–H groups in total. The summed E-state index contributed by atoms with van der Waals surface area (Å²) in [6.45, 7) is -1.14. The summed E-state index contributed by atoms with van der Waals surface area (Å²) in [4.78, 5) is 17.1. The van der Waals surface area contributed by atoms with E-state index < -0.39 is 18.7 Å². The van der Waals surface area contributed by atoms with Crippen molar-refractivity contribution in [1.29, 1.82) is 5.41 Å². The van der Waals surface area contributed by atoms with Crippen LogP contribution in [-0.4, -0.2) is 40.4 Å². The van der Waals surface area contributed by atoms with Gasteiger partial charge in [-0.05, 0) is 11.9 Å². The quantitative estimate of drug-likeness (QED) is 0.258. The number of nitrogens with zero attached hydrogens (tertiary/aromatic N) is 2. The molecule has 0 radical (unpaired) electrons. The maximum absolute atomic E-state index is 11.6. The summed E-state index contributed by atoms with van der Waals surface area (Å²) in [6.07, 6.45) is 0. The van der Waals surface area contributed by atoms with Crippen LogP contribution in [0, 0.1) is 5.41 Å². The number of alkyl halides is 1. The molecule has 0 unspecified atom stereocenters. The van der Waals surface area contributed by atoms with Crippen LogP contribution in [0.4, 0.5) is 4.39 Å². The Morgan fingerprint density at radius 3 is 3.07 bits per heavy atom. The Balaban J connectivity index is 2.68. The number of hydrazine groups is 1. The number of oxime groups is 1. The normalized spacial score (nSPS) is 17.4. The van der Waals surface area contributed by atoms with Crippen molar-refractivity contribution in [3.05, 3.63) is 0 Å². The molecule has 9 heteroatoms. The Hall–Kier alpha value is -1.35. The van der Waals surface area contributed by atoms with Crippen LogP contribution < -0.4 is 4.83 Å². The lowest BCUT2D eigenvalue weighted by Crippen LogP contribution is -2.40. The van der Waals surface area contributed by atoms with E-state index in [1.807, 2.05) is 0 Å². The van der Waals surface area contributed by atoms with Gasteiger partial charge in [0.15, 0.2) is 0 Å². The van der Waals surface area contributed by atoms with E-state index in [2.05, 4.69) is 14.8 Å². The van der Waals surface area contributed by atoms with Crippen molar-refractivity contribution in [3.63, 3.8) is 0 Å². The first-order valence-electron chi connectivity index (χ1n) is 3.42. The van der Waals surface area contributed by atoms with Crippen molar-refractivity contribution in [3.8, 4) is 0 Å². The lowest BCUT2D eigenvalue weighted by atomic mass is 10.5. The van der Waals surface area contributed by atoms with E-state index in [1.54, 1.807) is 0 Å². The van der Waals surface area contributed by atoms with Crippen LogP contribution in [0.5, 0.6) is 0 Å². The number of carboxylic acids is 1. The number of amidine groups is 1. The summed E-state index contributed by atoms with van der Waals surface area (Å²) < 4.78 is 11.6. The number of carbonyl (C=O) groups is 1. The summed E-state index contributed by atoms with van der Waals surface area (Å²) in [5, 5.41) is 20.2. The van der Waals surface area contributed by atoms with E-state index in [1.165, 1.54) is 0 Å². The fourth-order valence-corrected chi connectivity index (χ4v) is 1.29. The zero-order chi connectivity index (χ0) is 10.6. The molecular weight excluding hydrogens is 215 g/mol. The predicted molar refractivity (Wildman–Crippen MR) is 47.3 cm³/mol. The van der Waals surface area contributed by atoms with Crippen LogP contribution in [-0.2, 0) is 9.63 Å². The van der Waals surface area contributed by atoms with Crippen molar-refractivity contribution in [2.24, 2.45) is 5.16 Å². The Kier molecular flexibility index (Phi) is 3.65. The Labute approximate surface area is 82.5 Å². The first kappa shape index (κ1) is 10.7. The zero-order valence-corrected chi connectivity index (χ0v) is 7.68. The van der Waals surface area contributed by atoms with Crippen LogP contribution in [0.15, 0.2) is 5.16 Å². The molecule has 1 fully saturated rings. The van der Waals surface area contributed by atoms with Crippen LogP contribution in [0.25, 0.3) is 0 Å². The third kappa shape index (κ3) is 2.57. The fourth-order valence-electron chi connectivity index (χ4n) is 0.726. The molecule has 0 spiro atoms. The van der Waals surface area contributed by atoms with Crippen molar-refractivity contribution in [2.45, 2.75) is 0 Å². The second-order valence-electron chi connectivity index (χ2n) is 2.16. The summed E-state index contributed by atoms with van der Waals surface area (Å²) in [7, 11) is 0. The second-order valence-corrected chi connectivity index (χ2v) is 3.04. The molecule has 0 amide bonds. The number of carboxylic acid groups (broad SMARTS) is 1. The van der Waals surface area contributed by atoms with E-state index in [0.29, 0.717) is 0 Å². The molecule has 1 heterocycles. The highest BCUT2D eigenvalue weighted by Crippen LogP contribution is 2.09. The summed E-state index contributed by atoms with van der Waals surface area (Å²) in [6, 6.07) is 0. The molecule has 7 nitrogen and oxygen atoms in total. The standard InChI is InChI=1S/C5H7FN4O3S/c6-2-13-8-4(5(11)12)10-1-3(7)14-9-10/h7,9H,1-2H2,(H,11,12). The Morgan fingerprint density at radius 1 is 1.93 bits per heavy atom. The molecule has 1 aliphatic rings. The lowest BCUT2D eigenvalue weighted by molar-refractivity contribution is -0.130. The average Bonchev–Trinajstić information content (AvgIpc) is 2.52. The molecule has 1 saturated heterocycles. The third-order valence-electron chi connectivity index (χ3n) is 1.23. The second kappa shape index (κ2) is 4.77. The summed E-state index contributed by atoms with van der Waals surface area (Å²) >= 11 is 0.950. The molecular formula is C5H7FN4O3S. The van der Waals surface area contributed by atoms with Gasteiger partial charge >= 0.3 is 5.97 Å². The van der Waals surface area contributed by atoms with Gasteiger partial charge in [0.05, 0.1) is 6.54 Å². The number of nitrogens with one attached hydrogen (secondary N) is 2. The Bertz CT molecular complexity index is 284. The van der Waals surface area contributed by atoms with Gasteiger partial charge in [-0.2, -0.15) is 4.83 Å². The van der Waals surface area contributed by atoms with Crippen molar-refractivity contribution < 1.29 is 19.1 Å². The topological polar surface area (TPSA) is 98.0 Å². The monoisotopic (exact) mass is 222 g/mol. The van der Waals surface area contributed by atoms with E-state index in [9.17, 15) is 9.18 Å². The van der Waals surface area contributed by atoms with Gasteiger partial charge < -0.3 is 9.94 Å². The van der Waals surface area contributed by atoms with E-state index in [-0.39, 0.29) is 11.6 Å². The molecule has 0 aromatic heterocycles. The van der Waals surface area contributed by atoms with E-state index >= 15 is 0 Å². The highest BCUT2D eigenvalue weighted by atomic mass is 32.2. The zero-order valence-electron chi connectivity index (χ0n) is 6.86. The number of hydrogen-bond acceptors (Lipinski definition) is 6. The van der Waals surface area contributed by atoms with Gasteiger partial charge in [0, 0.05) is 0 Å². The molecule has 0 saturated carbocycles. The van der Waals surface area contributed by atoms with E-state index in [0.717, 1.165) is 17.0 Å². The van der Waals surface area contributed by atoms with Crippen molar-refractivity contribution in [2.75, 3.05) is 13.4 Å². The summed E-state index contributed by atoms with van der Waals surface area (Å²) in [5.41, 5.74) is 0. The van der Waals surface area contributed by atoms with Crippen LogP contribution in [0.1, 0.15) is 0 Å². The molecule has 0 aliphatic carbocycles. The smallest absolute Gasteiger partial charge is 0.376 e. The molecule has 0 aromatic rings. The van der Waals surface area contributed by atoms with Gasteiger partial charge in [-0.15, -0.1) is 0 Å². The first-order valence-corrected chi connectivity index (χ1v) is 4.23. The van der Waals surface area contributed by atoms with Crippen molar-refractivity contribution >= 4 is 28.8 Å². The van der Waals surface area contributed by atoms with Crippen LogP contribution in [0.2, 0.25) is 0 Å². The fraction of sp³-hybridized carbons (Fsp3) is 0.400. The molecule has 1 aliphatic heterocycles.